The van der Waals surface area contributed by atoms with Crippen LogP contribution in [0.4, 0.5) is 0 Å². The maximum atomic E-state index is 12.8. The molecule has 0 radical (unpaired) electrons. The standard InChI is InChI=1S/C35H65N7O9/c1-27(2)34(51)28(38-35(3,4)5)11-8-10-14-36-29(43)12-7-6-9-13-37-30(44)23-39-15-17-40(24-31(45)46)19-21-42(26-33(49)50)22-20-41(18-16-39)25-32(47)48/h27-28,38H,6-26H2,1-5H3,(H,36,43)(H,37,44)(H,45,46)(H,47,48)(H,49,50)/t28-/m1/s1. The number of rotatable bonds is 22. The summed E-state index contributed by atoms with van der Waals surface area (Å²) in [5.41, 5.74) is -0.158. The number of ketones is 1. The number of hydrogen-bond acceptors (Lipinski definition) is 11. The summed E-state index contributed by atoms with van der Waals surface area (Å²) in [5, 5.41) is 37.4. The molecule has 0 aromatic heterocycles. The summed E-state index contributed by atoms with van der Waals surface area (Å²) in [5.74, 6) is -3.06. The molecule has 294 valence electrons. The van der Waals surface area contributed by atoms with Crippen LogP contribution in [0.3, 0.4) is 0 Å². The highest BCUT2D eigenvalue weighted by atomic mass is 16.4. The largest absolute Gasteiger partial charge is 0.480 e. The number of unbranched alkanes of at least 4 members (excludes halogenated alkanes) is 3. The molecular formula is C35H65N7O9. The molecule has 1 heterocycles. The van der Waals surface area contributed by atoms with E-state index >= 15 is 0 Å². The Morgan fingerprint density at radius 1 is 0.569 bits per heavy atom. The third kappa shape index (κ3) is 23.8. The second-order valence-electron chi connectivity index (χ2n) is 14.8. The molecule has 51 heavy (non-hydrogen) atoms. The van der Waals surface area contributed by atoms with Gasteiger partial charge in [0.2, 0.25) is 11.8 Å². The van der Waals surface area contributed by atoms with Crippen LogP contribution in [0, 0.1) is 5.92 Å². The molecule has 0 spiro atoms. The lowest BCUT2D eigenvalue weighted by atomic mass is 9.94. The molecule has 0 aromatic rings. The highest BCUT2D eigenvalue weighted by Crippen LogP contribution is 2.12. The highest BCUT2D eigenvalue weighted by molar-refractivity contribution is 5.85. The summed E-state index contributed by atoms with van der Waals surface area (Å²) in [6.07, 6.45) is 4.92. The summed E-state index contributed by atoms with van der Waals surface area (Å²) >= 11 is 0. The van der Waals surface area contributed by atoms with Gasteiger partial charge < -0.3 is 31.3 Å². The fourth-order valence-corrected chi connectivity index (χ4v) is 5.86. The number of Topliss-reactive ketones (excluding diaryl/α,β-unsaturated/α-hetero) is 1. The Kier molecular flexibility index (Phi) is 22.4. The average molecular weight is 728 g/mol. The normalized spacial score (nSPS) is 16.9. The first-order valence-electron chi connectivity index (χ1n) is 18.3. The topological polar surface area (TPSA) is 212 Å². The molecule has 0 aliphatic carbocycles. The zero-order chi connectivity index (χ0) is 38.4. The van der Waals surface area contributed by atoms with Crippen molar-refractivity contribution in [2.24, 2.45) is 5.92 Å². The molecular weight excluding hydrogens is 662 g/mol. The number of nitrogens with zero attached hydrogens (tertiary/aromatic N) is 4. The van der Waals surface area contributed by atoms with Crippen molar-refractivity contribution in [3.05, 3.63) is 0 Å². The molecule has 16 heteroatoms. The smallest absolute Gasteiger partial charge is 0.317 e. The van der Waals surface area contributed by atoms with Crippen molar-refractivity contribution in [1.29, 1.82) is 0 Å². The fourth-order valence-electron chi connectivity index (χ4n) is 5.86. The van der Waals surface area contributed by atoms with Gasteiger partial charge in [0.1, 0.15) is 0 Å². The number of carboxylic acid groups (broad SMARTS) is 3. The lowest BCUT2D eigenvalue weighted by Crippen LogP contribution is -2.49. The number of aliphatic carboxylic acids is 3. The number of carbonyl (C=O) groups excluding carboxylic acids is 3. The van der Waals surface area contributed by atoms with Crippen molar-refractivity contribution in [3.8, 4) is 0 Å². The SMILES string of the molecule is CC(C)C(=O)[C@@H](CCCCNC(=O)CCCCCNC(=O)CN1CCN(CC(=O)O)CCN(CC(=O)O)CCN(CC(=O)O)CC1)NC(C)(C)C. The fraction of sp³-hybridized carbons (Fsp3) is 0.829. The highest BCUT2D eigenvalue weighted by Gasteiger charge is 2.25. The molecule has 0 bridgehead atoms. The molecule has 1 aliphatic rings. The van der Waals surface area contributed by atoms with E-state index in [-0.39, 0.29) is 61.3 Å². The number of carboxylic acids is 3. The summed E-state index contributed by atoms with van der Waals surface area (Å²) < 4.78 is 0. The van der Waals surface area contributed by atoms with Gasteiger partial charge in [0.05, 0.1) is 32.2 Å². The number of amides is 2. The Hall–Kier alpha value is -3.18. The third-order valence-corrected chi connectivity index (χ3v) is 8.54. The van der Waals surface area contributed by atoms with Gasteiger partial charge in [0.15, 0.2) is 5.78 Å². The molecule has 0 unspecified atom stereocenters. The molecule has 1 saturated heterocycles. The first kappa shape index (κ1) is 45.8. The van der Waals surface area contributed by atoms with Gasteiger partial charge in [-0.25, -0.2) is 0 Å². The van der Waals surface area contributed by atoms with Crippen LogP contribution in [0.25, 0.3) is 0 Å². The predicted octanol–water partition coefficient (Wildman–Crippen LogP) is 0.407. The van der Waals surface area contributed by atoms with E-state index in [2.05, 4.69) is 16.0 Å². The zero-order valence-corrected chi connectivity index (χ0v) is 31.6. The van der Waals surface area contributed by atoms with E-state index in [0.717, 1.165) is 25.7 Å². The molecule has 6 N–H and O–H groups in total. The summed E-state index contributed by atoms with van der Waals surface area (Å²) in [4.78, 5) is 79.0. The monoisotopic (exact) mass is 727 g/mol. The van der Waals surface area contributed by atoms with Crippen molar-refractivity contribution in [1.82, 2.24) is 35.6 Å². The molecule has 1 aliphatic heterocycles. The van der Waals surface area contributed by atoms with Gasteiger partial charge in [0.25, 0.3) is 0 Å². The quantitative estimate of drug-likeness (QED) is 0.0835. The zero-order valence-electron chi connectivity index (χ0n) is 31.6. The number of nitrogens with one attached hydrogen (secondary N) is 3. The van der Waals surface area contributed by atoms with Crippen molar-refractivity contribution in [3.63, 3.8) is 0 Å². The van der Waals surface area contributed by atoms with Crippen molar-refractivity contribution < 1.29 is 44.1 Å². The van der Waals surface area contributed by atoms with Crippen LogP contribution >= 0.6 is 0 Å². The maximum Gasteiger partial charge on any atom is 0.317 e. The van der Waals surface area contributed by atoms with Crippen molar-refractivity contribution in [2.75, 3.05) is 91.6 Å². The first-order valence-corrected chi connectivity index (χ1v) is 18.3. The minimum absolute atomic E-state index is 0.0135. The molecule has 1 fully saturated rings. The van der Waals surface area contributed by atoms with Gasteiger partial charge in [0, 0.05) is 83.3 Å². The van der Waals surface area contributed by atoms with E-state index in [9.17, 15) is 44.1 Å². The Morgan fingerprint density at radius 3 is 1.35 bits per heavy atom. The van der Waals surface area contributed by atoms with E-state index in [4.69, 9.17) is 0 Å². The van der Waals surface area contributed by atoms with Gasteiger partial charge in [-0.2, -0.15) is 0 Å². The minimum Gasteiger partial charge on any atom is -0.480 e. The summed E-state index contributed by atoms with van der Waals surface area (Å²) in [6.45, 7) is 13.0. The van der Waals surface area contributed by atoms with E-state index in [1.165, 1.54) is 0 Å². The number of carbonyl (C=O) groups is 6. The van der Waals surface area contributed by atoms with E-state index in [1.807, 2.05) is 39.5 Å². The van der Waals surface area contributed by atoms with Gasteiger partial charge in [-0.1, -0.05) is 20.3 Å². The molecule has 1 rings (SSSR count). The summed E-state index contributed by atoms with van der Waals surface area (Å²) in [6, 6.07) is -0.193. The van der Waals surface area contributed by atoms with Crippen LogP contribution in [0.5, 0.6) is 0 Å². The Morgan fingerprint density at radius 2 is 0.961 bits per heavy atom. The molecule has 1 atom stereocenters. The third-order valence-electron chi connectivity index (χ3n) is 8.54. The Bertz CT molecular complexity index is 1070. The van der Waals surface area contributed by atoms with Crippen LogP contribution in [0.15, 0.2) is 0 Å². The molecule has 2 amide bonds. The lowest BCUT2D eigenvalue weighted by Gasteiger charge is -2.32. The molecule has 0 saturated carbocycles. The predicted molar refractivity (Wildman–Crippen MR) is 194 cm³/mol. The Balaban J connectivity index is 2.47. The van der Waals surface area contributed by atoms with Gasteiger partial charge in [-0.3, -0.25) is 48.4 Å². The van der Waals surface area contributed by atoms with Gasteiger partial charge in [-0.05, 0) is 52.9 Å². The number of hydrogen-bond donors (Lipinski definition) is 6. The lowest BCUT2D eigenvalue weighted by molar-refractivity contribution is -0.140. The van der Waals surface area contributed by atoms with Crippen LogP contribution in [-0.4, -0.2) is 174 Å². The van der Waals surface area contributed by atoms with Crippen molar-refractivity contribution in [2.45, 2.75) is 91.1 Å². The average Bonchev–Trinajstić information content (AvgIpc) is 3.01. The molecule has 16 nitrogen and oxygen atoms in total. The van der Waals surface area contributed by atoms with E-state index in [0.29, 0.717) is 84.7 Å². The van der Waals surface area contributed by atoms with Crippen LogP contribution in [0.2, 0.25) is 0 Å². The minimum atomic E-state index is -1.02. The van der Waals surface area contributed by atoms with Crippen LogP contribution in [-0.2, 0) is 28.8 Å². The van der Waals surface area contributed by atoms with Crippen molar-refractivity contribution >= 4 is 35.5 Å². The van der Waals surface area contributed by atoms with Crippen LogP contribution in [0.1, 0.15) is 79.6 Å². The van der Waals surface area contributed by atoms with E-state index < -0.39 is 17.9 Å². The maximum absolute atomic E-state index is 12.8. The second kappa shape index (κ2) is 24.9. The first-order chi connectivity index (χ1) is 23.9. The van der Waals surface area contributed by atoms with Gasteiger partial charge in [-0.15, -0.1) is 0 Å². The second-order valence-corrected chi connectivity index (χ2v) is 14.8. The van der Waals surface area contributed by atoms with Crippen LogP contribution < -0.4 is 16.0 Å². The Labute approximate surface area is 303 Å². The summed E-state index contributed by atoms with van der Waals surface area (Å²) in [7, 11) is 0. The van der Waals surface area contributed by atoms with E-state index in [1.54, 1.807) is 14.7 Å². The molecule has 0 aromatic carbocycles. The van der Waals surface area contributed by atoms with Gasteiger partial charge >= 0.3 is 17.9 Å².